The summed E-state index contributed by atoms with van der Waals surface area (Å²) in [7, 11) is 0. The molecule has 0 unspecified atom stereocenters. The molecule has 0 spiro atoms. The highest BCUT2D eigenvalue weighted by molar-refractivity contribution is 5.98. The van der Waals surface area contributed by atoms with Crippen molar-refractivity contribution >= 4 is 12.0 Å². The highest BCUT2D eigenvalue weighted by Gasteiger charge is 2.12. The van der Waals surface area contributed by atoms with Crippen molar-refractivity contribution in [3.05, 3.63) is 40.5 Å². The van der Waals surface area contributed by atoms with Gasteiger partial charge in [-0.25, -0.2) is 4.79 Å². The molecule has 3 nitrogen and oxygen atoms in total. The van der Waals surface area contributed by atoms with Crippen LogP contribution in [-0.2, 0) is 9.53 Å². The number of esters is 1. The molecule has 18 heavy (non-hydrogen) atoms. The molecule has 0 bridgehead atoms. The van der Waals surface area contributed by atoms with E-state index in [0.717, 1.165) is 16.7 Å². The summed E-state index contributed by atoms with van der Waals surface area (Å²) in [6, 6.07) is 7.78. The van der Waals surface area contributed by atoms with Crippen molar-refractivity contribution < 1.29 is 9.53 Å². The molecule has 0 heterocycles. The number of carbonyl (C=O) groups excluding carboxylic acids is 1. The maximum atomic E-state index is 11.7. The molecule has 0 saturated heterocycles. The van der Waals surface area contributed by atoms with Crippen LogP contribution in [0.15, 0.2) is 23.8 Å². The van der Waals surface area contributed by atoms with E-state index in [2.05, 4.69) is 0 Å². The summed E-state index contributed by atoms with van der Waals surface area (Å²) in [5, 5.41) is 9.01. The number of nitriles is 1. The standard InChI is InChI=1S/C15H17NO2/c1-10(2)18-15(17)14(9-16)8-13-7-11(3)5-6-12(13)4/h5-8,10H,1-4H3. The minimum Gasteiger partial charge on any atom is -0.459 e. The number of hydrogen-bond acceptors (Lipinski definition) is 3. The van der Waals surface area contributed by atoms with Crippen LogP contribution in [0.25, 0.3) is 6.08 Å². The zero-order chi connectivity index (χ0) is 13.7. The van der Waals surface area contributed by atoms with Crippen LogP contribution in [-0.4, -0.2) is 12.1 Å². The van der Waals surface area contributed by atoms with E-state index < -0.39 is 5.97 Å². The van der Waals surface area contributed by atoms with Crippen molar-refractivity contribution in [3.63, 3.8) is 0 Å². The average molecular weight is 243 g/mol. The van der Waals surface area contributed by atoms with E-state index in [1.54, 1.807) is 19.9 Å². The lowest BCUT2D eigenvalue weighted by atomic mass is 10.0. The van der Waals surface area contributed by atoms with Crippen LogP contribution < -0.4 is 0 Å². The molecule has 1 aromatic carbocycles. The first-order chi connectivity index (χ1) is 8.43. The molecule has 0 amide bonds. The average Bonchev–Trinajstić information content (AvgIpc) is 2.29. The molecule has 1 rings (SSSR count). The lowest BCUT2D eigenvalue weighted by Crippen LogP contribution is -2.12. The molecule has 0 aliphatic rings. The molecule has 94 valence electrons. The number of benzene rings is 1. The van der Waals surface area contributed by atoms with Crippen molar-refractivity contribution in [3.8, 4) is 6.07 Å². The van der Waals surface area contributed by atoms with Gasteiger partial charge in [-0.1, -0.05) is 23.8 Å². The van der Waals surface area contributed by atoms with Gasteiger partial charge in [-0.05, 0) is 44.9 Å². The summed E-state index contributed by atoms with van der Waals surface area (Å²) in [6.45, 7) is 7.42. The molecule has 0 aliphatic carbocycles. The van der Waals surface area contributed by atoms with Gasteiger partial charge in [-0.15, -0.1) is 0 Å². The van der Waals surface area contributed by atoms with Crippen LogP contribution in [0.1, 0.15) is 30.5 Å². The fraction of sp³-hybridized carbons (Fsp3) is 0.333. The fourth-order valence-electron chi connectivity index (χ4n) is 1.49. The zero-order valence-corrected chi connectivity index (χ0v) is 11.2. The molecule has 0 fully saturated rings. The second-order valence-corrected chi connectivity index (χ2v) is 4.48. The van der Waals surface area contributed by atoms with E-state index >= 15 is 0 Å². The van der Waals surface area contributed by atoms with Crippen molar-refractivity contribution in [1.29, 1.82) is 5.26 Å². The lowest BCUT2D eigenvalue weighted by molar-refractivity contribution is -0.142. The molecule has 0 atom stereocenters. The Labute approximate surface area is 108 Å². The molecular weight excluding hydrogens is 226 g/mol. The first-order valence-corrected chi connectivity index (χ1v) is 5.84. The van der Waals surface area contributed by atoms with Crippen molar-refractivity contribution in [2.45, 2.75) is 33.8 Å². The smallest absolute Gasteiger partial charge is 0.349 e. The second kappa shape index (κ2) is 6.02. The van der Waals surface area contributed by atoms with E-state index in [1.165, 1.54) is 0 Å². The molecule has 0 saturated carbocycles. The molecule has 0 radical (unpaired) electrons. The molecule has 1 aromatic rings. The van der Waals surface area contributed by atoms with Crippen LogP contribution >= 0.6 is 0 Å². The molecule has 0 aliphatic heterocycles. The van der Waals surface area contributed by atoms with Gasteiger partial charge in [-0.3, -0.25) is 0 Å². The topological polar surface area (TPSA) is 50.1 Å². The second-order valence-electron chi connectivity index (χ2n) is 4.48. The number of ether oxygens (including phenoxy) is 1. The summed E-state index contributed by atoms with van der Waals surface area (Å²) in [6.07, 6.45) is 1.35. The van der Waals surface area contributed by atoms with Gasteiger partial charge < -0.3 is 4.74 Å². The van der Waals surface area contributed by atoms with Crippen LogP contribution in [0.4, 0.5) is 0 Å². The number of rotatable bonds is 3. The van der Waals surface area contributed by atoms with Crippen LogP contribution in [0, 0.1) is 25.2 Å². The van der Waals surface area contributed by atoms with E-state index in [4.69, 9.17) is 10.00 Å². The van der Waals surface area contributed by atoms with Gasteiger partial charge in [0.1, 0.15) is 11.6 Å². The highest BCUT2D eigenvalue weighted by atomic mass is 16.5. The largest absolute Gasteiger partial charge is 0.459 e. The Morgan fingerprint density at radius 1 is 1.39 bits per heavy atom. The monoisotopic (exact) mass is 243 g/mol. The summed E-state index contributed by atoms with van der Waals surface area (Å²) in [5.41, 5.74) is 3.00. The lowest BCUT2D eigenvalue weighted by Gasteiger charge is -2.07. The van der Waals surface area contributed by atoms with Crippen LogP contribution in [0.3, 0.4) is 0 Å². The summed E-state index contributed by atoms with van der Waals surface area (Å²) >= 11 is 0. The Morgan fingerprint density at radius 3 is 2.61 bits per heavy atom. The van der Waals surface area contributed by atoms with Gasteiger partial charge in [0.05, 0.1) is 6.10 Å². The highest BCUT2D eigenvalue weighted by Crippen LogP contribution is 2.15. The Kier molecular flexibility index (Phi) is 4.67. The first kappa shape index (κ1) is 14.0. The predicted octanol–water partition coefficient (Wildman–Crippen LogP) is 3.16. The number of aryl methyl sites for hydroxylation is 2. The van der Waals surface area contributed by atoms with Gasteiger partial charge in [0, 0.05) is 0 Å². The van der Waals surface area contributed by atoms with Gasteiger partial charge in [0.15, 0.2) is 0 Å². The third kappa shape index (κ3) is 3.74. The Balaban J connectivity index is 3.08. The first-order valence-electron chi connectivity index (χ1n) is 5.84. The van der Waals surface area contributed by atoms with Gasteiger partial charge in [-0.2, -0.15) is 5.26 Å². The molecule has 3 heteroatoms. The summed E-state index contributed by atoms with van der Waals surface area (Å²) < 4.78 is 5.02. The van der Waals surface area contributed by atoms with E-state index in [9.17, 15) is 4.79 Å². The van der Waals surface area contributed by atoms with Crippen LogP contribution in [0.5, 0.6) is 0 Å². The zero-order valence-electron chi connectivity index (χ0n) is 11.2. The van der Waals surface area contributed by atoms with Gasteiger partial charge in [0.2, 0.25) is 0 Å². The minimum absolute atomic E-state index is 0.0254. The third-order valence-corrected chi connectivity index (χ3v) is 2.42. The van der Waals surface area contributed by atoms with Gasteiger partial charge in [0.25, 0.3) is 0 Å². The van der Waals surface area contributed by atoms with Crippen molar-refractivity contribution in [2.75, 3.05) is 0 Å². The van der Waals surface area contributed by atoms with Crippen molar-refractivity contribution in [1.82, 2.24) is 0 Å². The van der Waals surface area contributed by atoms with Gasteiger partial charge >= 0.3 is 5.97 Å². The van der Waals surface area contributed by atoms with Crippen molar-refractivity contribution in [2.24, 2.45) is 0 Å². The minimum atomic E-state index is -0.576. The SMILES string of the molecule is Cc1ccc(C)c(C=C(C#N)C(=O)OC(C)C)c1. The molecule has 0 aromatic heterocycles. The molecular formula is C15H17NO2. The quantitative estimate of drug-likeness (QED) is 0.465. The summed E-state index contributed by atoms with van der Waals surface area (Å²) in [4.78, 5) is 11.7. The number of hydrogen-bond donors (Lipinski definition) is 0. The Morgan fingerprint density at radius 2 is 2.06 bits per heavy atom. The summed E-state index contributed by atoms with van der Waals surface area (Å²) in [5.74, 6) is -0.576. The van der Waals surface area contributed by atoms with E-state index in [1.807, 2.05) is 38.1 Å². The maximum absolute atomic E-state index is 11.7. The van der Waals surface area contributed by atoms with Crippen LogP contribution in [0.2, 0.25) is 0 Å². The normalized spacial score (nSPS) is 11.2. The maximum Gasteiger partial charge on any atom is 0.349 e. The fourth-order valence-corrected chi connectivity index (χ4v) is 1.49. The number of carbonyl (C=O) groups is 1. The third-order valence-electron chi connectivity index (χ3n) is 2.42. The Hall–Kier alpha value is -2.08. The van der Waals surface area contributed by atoms with E-state index in [0.29, 0.717) is 0 Å². The predicted molar refractivity (Wildman–Crippen MR) is 70.7 cm³/mol. The van der Waals surface area contributed by atoms with E-state index in [-0.39, 0.29) is 11.7 Å². The Bertz CT molecular complexity index is 522. The number of nitrogens with zero attached hydrogens (tertiary/aromatic N) is 1. The molecule has 0 N–H and O–H groups in total.